The Morgan fingerprint density at radius 1 is 1.29 bits per heavy atom. The Labute approximate surface area is 149 Å². The number of nitrogens with one attached hydrogen (secondary N) is 1. The first kappa shape index (κ1) is 17.8. The Balaban J connectivity index is 1.64. The second kappa shape index (κ2) is 8.38. The molecule has 0 radical (unpaired) electrons. The van der Waals surface area contributed by atoms with E-state index in [1.165, 1.54) is 12.1 Å². The minimum atomic E-state index is -0.427. The van der Waals surface area contributed by atoms with E-state index in [1.54, 1.807) is 6.07 Å². The Morgan fingerprint density at radius 2 is 2.08 bits per heavy atom. The van der Waals surface area contributed by atoms with Gasteiger partial charge in [0.15, 0.2) is 0 Å². The average Bonchev–Trinajstić information content (AvgIpc) is 3.09. The number of hydrogen-bond acceptors (Lipinski definition) is 4. The molecule has 5 nitrogen and oxygen atoms in total. The molecule has 0 saturated carbocycles. The molecule has 1 aromatic carbocycles. The molecule has 2 aliphatic heterocycles. The average molecular weight is 401 g/mol. The van der Waals surface area contributed by atoms with Crippen molar-refractivity contribution >= 4 is 21.8 Å². The van der Waals surface area contributed by atoms with Gasteiger partial charge in [-0.15, -0.1) is 0 Å². The highest BCUT2D eigenvalue weighted by Crippen LogP contribution is 2.22. The maximum absolute atomic E-state index is 13.5. The zero-order chi connectivity index (χ0) is 16.9. The highest BCUT2D eigenvalue weighted by atomic mass is 79.9. The summed E-state index contributed by atoms with van der Waals surface area (Å²) in [4.78, 5) is 14.7. The van der Waals surface area contributed by atoms with Crippen LogP contribution in [0.5, 0.6) is 0 Å². The fraction of sp³-hybridized carbons (Fsp3) is 0.588. The van der Waals surface area contributed by atoms with Gasteiger partial charge < -0.3 is 14.8 Å². The van der Waals surface area contributed by atoms with Crippen molar-refractivity contribution in [3.63, 3.8) is 0 Å². The Kier molecular flexibility index (Phi) is 6.21. The molecule has 0 aromatic heterocycles. The monoisotopic (exact) mass is 400 g/mol. The van der Waals surface area contributed by atoms with Crippen molar-refractivity contribution in [2.45, 2.75) is 12.5 Å². The fourth-order valence-electron chi connectivity index (χ4n) is 3.34. The van der Waals surface area contributed by atoms with Crippen molar-refractivity contribution in [2.75, 3.05) is 46.1 Å². The minimum Gasteiger partial charge on any atom is -0.381 e. The third-order valence-corrected chi connectivity index (χ3v) is 5.08. The molecule has 2 heterocycles. The molecule has 0 unspecified atom stereocenters. The molecule has 1 N–H and O–H groups in total. The molecular weight excluding hydrogens is 379 g/mol. The van der Waals surface area contributed by atoms with Gasteiger partial charge >= 0.3 is 0 Å². The molecule has 3 rings (SSSR count). The maximum Gasteiger partial charge on any atom is 0.251 e. The summed E-state index contributed by atoms with van der Waals surface area (Å²) in [5, 5.41) is 2.96. The number of ether oxygens (including phenoxy) is 2. The highest BCUT2D eigenvalue weighted by Gasteiger charge is 2.31. The fourth-order valence-corrected chi connectivity index (χ4v) is 3.81. The summed E-state index contributed by atoms with van der Waals surface area (Å²) in [6, 6.07) is 4.43. The summed E-state index contributed by atoms with van der Waals surface area (Å²) in [6.07, 6.45) is 1.00. The molecule has 7 heteroatoms. The van der Waals surface area contributed by atoms with E-state index in [0.29, 0.717) is 22.5 Å². The van der Waals surface area contributed by atoms with Crippen LogP contribution in [0.25, 0.3) is 0 Å². The van der Waals surface area contributed by atoms with Crippen LogP contribution in [0.3, 0.4) is 0 Å². The third-order valence-electron chi connectivity index (χ3n) is 4.62. The summed E-state index contributed by atoms with van der Waals surface area (Å²) < 4.78 is 25.0. The SMILES string of the molecule is O=C(NC[C@H]([C@H]1CCOC1)N1CCOCC1)c1cc(F)cc(Br)c1. The van der Waals surface area contributed by atoms with Gasteiger partial charge in [-0.05, 0) is 24.6 Å². The Bertz CT molecular complexity index is 555. The van der Waals surface area contributed by atoms with Gasteiger partial charge in [-0.2, -0.15) is 0 Å². The quantitative estimate of drug-likeness (QED) is 0.821. The summed E-state index contributed by atoms with van der Waals surface area (Å²) in [5.41, 5.74) is 0.324. The van der Waals surface area contributed by atoms with Crippen LogP contribution in [0.2, 0.25) is 0 Å². The first-order valence-corrected chi connectivity index (χ1v) is 9.06. The first-order valence-electron chi connectivity index (χ1n) is 8.27. The first-order chi connectivity index (χ1) is 11.6. The van der Waals surface area contributed by atoms with Crippen LogP contribution in [0.1, 0.15) is 16.8 Å². The lowest BCUT2D eigenvalue weighted by Crippen LogP contribution is -2.52. The van der Waals surface area contributed by atoms with E-state index in [4.69, 9.17) is 9.47 Å². The zero-order valence-corrected chi connectivity index (χ0v) is 15.1. The van der Waals surface area contributed by atoms with Crippen LogP contribution in [-0.2, 0) is 9.47 Å². The Hall–Kier alpha value is -1.02. The molecule has 2 fully saturated rings. The lowest BCUT2D eigenvalue weighted by molar-refractivity contribution is 0.00166. The molecule has 0 spiro atoms. The van der Waals surface area contributed by atoms with Crippen molar-refractivity contribution in [2.24, 2.45) is 5.92 Å². The number of carbonyl (C=O) groups is 1. The lowest BCUT2D eigenvalue weighted by Gasteiger charge is -2.37. The van der Waals surface area contributed by atoms with Crippen molar-refractivity contribution < 1.29 is 18.7 Å². The molecule has 132 valence electrons. The van der Waals surface area contributed by atoms with Crippen molar-refractivity contribution in [1.82, 2.24) is 10.2 Å². The molecule has 2 atom stereocenters. The topological polar surface area (TPSA) is 50.8 Å². The highest BCUT2D eigenvalue weighted by molar-refractivity contribution is 9.10. The number of nitrogens with zero attached hydrogens (tertiary/aromatic N) is 1. The number of halogens is 2. The van der Waals surface area contributed by atoms with E-state index in [2.05, 4.69) is 26.1 Å². The van der Waals surface area contributed by atoms with Crippen LogP contribution in [-0.4, -0.2) is 62.9 Å². The van der Waals surface area contributed by atoms with Gasteiger partial charge in [-0.3, -0.25) is 9.69 Å². The number of amides is 1. The van der Waals surface area contributed by atoms with E-state index in [-0.39, 0.29) is 11.9 Å². The summed E-state index contributed by atoms with van der Waals surface area (Å²) >= 11 is 3.22. The van der Waals surface area contributed by atoms with Gasteiger partial charge in [0.1, 0.15) is 5.82 Å². The van der Waals surface area contributed by atoms with Crippen LogP contribution in [0.15, 0.2) is 22.7 Å². The predicted octanol–water partition coefficient (Wildman–Crippen LogP) is 2.06. The number of benzene rings is 1. The van der Waals surface area contributed by atoms with Crippen molar-refractivity contribution in [3.05, 3.63) is 34.1 Å². The molecule has 2 saturated heterocycles. The van der Waals surface area contributed by atoms with Crippen LogP contribution >= 0.6 is 15.9 Å². The van der Waals surface area contributed by atoms with Gasteiger partial charge in [0.05, 0.1) is 19.8 Å². The van der Waals surface area contributed by atoms with Gasteiger partial charge in [-0.1, -0.05) is 15.9 Å². The van der Waals surface area contributed by atoms with Gasteiger partial charge in [0.25, 0.3) is 5.91 Å². The number of carbonyl (C=O) groups excluding carboxylic acids is 1. The smallest absolute Gasteiger partial charge is 0.251 e. The standard InChI is InChI=1S/C17H22BrFN2O3/c18-14-7-13(8-15(19)9-14)17(22)20-10-16(12-1-4-24-11-12)21-2-5-23-6-3-21/h7-9,12,16H,1-6,10-11H2,(H,20,22)/t12-,16+/m0/s1. The van der Waals surface area contributed by atoms with E-state index in [0.717, 1.165) is 45.9 Å². The molecule has 1 amide bonds. The molecule has 0 bridgehead atoms. The van der Waals surface area contributed by atoms with E-state index >= 15 is 0 Å². The molecule has 2 aliphatic rings. The third kappa shape index (κ3) is 4.53. The summed E-state index contributed by atoms with van der Waals surface area (Å²) in [7, 11) is 0. The number of hydrogen-bond donors (Lipinski definition) is 1. The van der Waals surface area contributed by atoms with Crippen LogP contribution in [0.4, 0.5) is 4.39 Å². The molecule has 0 aliphatic carbocycles. The summed E-state index contributed by atoms with van der Waals surface area (Å²) in [6.45, 7) is 5.19. The normalized spacial score (nSPS) is 23.2. The predicted molar refractivity (Wildman–Crippen MR) is 91.5 cm³/mol. The molecule has 24 heavy (non-hydrogen) atoms. The second-order valence-corrected chi connectivity index (χ2v) is 7.12. The van der Waals surface area contributed by atoms with Gasteiger partial charge in [0, 0.05) is 48.2 Å². The van der Waals surface area contributed by atoms with Gasteiger partial charge in [-0.25, -0.2) is 4.39 Å². The van der Waals surface area contributed by atoms with E-state index in [9.17, 15) is 9.18 Å². The van der Waals surface area contributed by atoms with E-state index in [1.807, 2.05) is 0 Å². The number of morpholine rings is 1. The Morgan fingerprint density at radius 3 is 2.75 bits per heavy atom. The largest absolute Gasteiger partial charge is 0.381 e. The maximum atomic E-state index is 13.5. The lowest BCUT2D eigenvalue weighted by atomic mass is 9.96. The van der Waals surface area contributed by atoms with Crippen LogP contribution in [0, 0.1) is 11.7 Å². The number of rotatable bonds is 5. The van der Waals surface area contributed by atoms with Gasteiger partial charge in [0.2, 0.25) is 0 Å². The molecular formula is C17H22BrFN2O3. The van der Waals surface area contributed by atoms with Crippen molar-refractivity contribution in [1.29, 1.82) is 0 Å². The molecule has 1 aromatic rings. The second-order valence-electron chi connectivity index (χ2n) is 6.21. The van der Waals surface area contributed by atoms with E-state index < -0.39 is 5.82 Å². The van der Waals surface area contributed by atoms with Crippen molar-refractivity contribution in [3.8, 4) is 0 Å². The zero-order valence-electron chi connectivity index (χ0n) is 13.5. The summed E-state index contributed by atoms with van der Waals surface area (Å²) in [5.74, 6) is -0.279. The van der Waals surface area contributed by atoms with Crippen LogP contribution < -0.4 is 5.32 Å². The minimum absolute atomic E-state index is 0.220.